The lowest BCUT2D eigenvalue weighted by Gasteiger charge is -2.19. The summed E-state index contributed by atoms with van der Waals surface area (Å²) in [5, 5.41) is 5.80. The molecule has 19 heavy (non-hydrogen) atoms. The van der Waals surface area contributed by atoms with Crippen molar-refractivity contribution in [3.05, 3.63) is 30.1 Å². The molecule has 0 spiro atoms. The summed E-state index contributed by atoms with van der Waals surface area (Å²) in [6.45, 7) is 4.21. The van der Waals surface area contributed by atoms with Gasteiger partial charge in [0.25, 0.3) is 0 Å². The Labute approximate surface area is 119 Å². The van der Waals surface area contributed by atoms with Gasteiger partial charge in [-0.2, -0.15) is 11.8 Å². The van der Waals surface area contributed by atoms with Gasteiger partial charge in [0.1, 0.15) is 0 Å². The SMILES string of the molecule is CCC(CSC)Nc1ccc(N)c2cnc(C)cc12. The van der Waals surface area contributed by atoms with Gasteiger partial charge in [0.2, 0.25) is 0 Å². The number of nitrogens with zero attached hydrogens (tertiary/aromatic N) is 1. The number of thioether (sulfide) groups is 1. The van der Waals surface area contributed by atoms with Gasteiger partial charge in [-0.3, -0.25) is 4.98 Å². The molecule has 0 saturated carbocycles. The molecule has 0 saturated heterocycles. The first-order valence-corrected chi connectivity index (χ1v) is 7.95. The highest BCUT2D eigenvalue weighted by Gasteiger charge is 2.09. The Kier molecular flexibility index (Phi) is 4.53. The third kappa shape index (κ3) is 3.13. The summed E-state index contributed by atoms with van der Waals surface area (Å²) in [5.41, 5.74) is 8.97. The Bertz CT molecular complexity index is 569. The van der Waals surface area contributed by atoms with E-state index >= 15 is 0 Å². The van der Waals surface area contributed by atoms with Crippen LogP contribution in [0.25, 0.3) is 10.8 Å². The molecule has 0 aliphatic carbocycles. The normalized spacial score (nSPS) is 12.6. The smallest absolute Gasteiger partial charge is 0.0425 e. The molecule has 3 nitrogen and oxygen atoms in total. The van der Waals surface area contributed by atoms with Crippen LogP contribution in [-0.4, -0.2) is 23.0 Å². The summed E-state index contributed by atoms with van der Waals surface area (Å²) < 4.78 is 0. The van der Waals surface area contributed by atoms with Crippen molar-refractivity contribution in [2.45, 2.75) is 26.3 Å². The summed E-state index contributed by atoms with van der Waals surface area (Å²) in [4.78, 5) is 4.33. The molecule has 1 aromatic heterocycles. The average Bonchev–Trinajstić information content (AvgIpc) is 2.41. The van der Waals surface area contributed by atoms with Crippen molar-refractivity contribution in [1.29, 1.82) is 0 Å². The number of hydrogen-bond acceptors (Lipinski definition) is 4. The fraction of sp³-hybridized carbons (Fsp3) is 0.400. The molecule has 0 fully saturated rings. The topological polar surface area (TPSA) is 50.9 Å². The monoisotopic (exact) mass is 275 g/mol. The molecule has 2 aromatic rings. The third-order valence-electron chi connectivity index (χ3n) is 3.29. The molecule has 0 amide bonds. The van der Waals surface area contributed by atoms with E-state index in [0.717, 1.165) is 40.0 Å². The molecule has 0 bridgehead atoms. The van der Waals surface area contributed by atoms with Gasteiger partial charge < -0.3 is 11.1 Å². The summed E-state index contributed by atoms with van der Waals surface area (Å²) in [6.07, 6.45) is 5.11. The van der Waals surface area contributed by atoms with E-state index < -0.39 is 0 Å². The Balaban J connectivity index is 2.42. The first-order chi connectivity index (χ1) is 9.15. The minimum absolute atomic E-state index is 0.482. The lowest BCUT2D eigenvalue weighted by Crippen LogP contribution is -2.21. The van der Waals surface area contributed by atoms with E-state index in [9.17, 15) is 0 Å². The number of benzene rings is 1. The van der Waals surface area contributed by atoms with Crippen molar-refractivity contribution in [1.82, 2.24) is 4.98 Å². The Morgan fingerprint density at radius 3 is 2.84 bits per heavy atom. The molecule has 1 atom stereocenters. The Morgan fingerprint density at radius 2 is 2.16 bits per heavy atom. The van der Waals surface area contributed by atoms with Gasteiger partial charge in [0.05, 0.1) is 0 Å². The van der Waals surface area contributed by atoms with Crippen LogP contribution in [0.5, 0.6) is 0 Å². The number of hydrogen-bond donors (Lipinski definition) is 2. The predicted octanol–water partition coefficient (Wildman–Crippen LogP) is 3.68. The van der Waals surface area contributed by atoms with E-state index in [-0.39, 0.29) is 0 Å². The van der Waals surface area contributed by atoms with Crippen LogP contribution in [0.3, 0.4) is 0 Å². The largest absolute Gasteiger partial charge is 0.398 e. The third-order valence-corrected chi connectivity index (χ3v) is 4.03. The van der Waals surface area contributed by atoms with Crippen molar-refractivity contribution in [3.63, 3.8) is 0 Å². The van der Waals surface area contributed by atoms with E-state index in [4.69, 9.17) is 5.73 Å². The average molecular weight is 275 g/mol. The fourth-order valence-corrected chi connectivity index (χ4v) is 2.90. The van der Waals surface area contributed by atoms with Gasteiger partial charge in [-0.25, -0.2) is 0 Å². The Hall–Kier alpha value is -1.42. The number of pyridine rings is 1. The van der Waals surface area contributed by atoms with Crippen molar-refractivity contribution < 1.29 is 0 Å². The predicted molar refractivity (Wildman–Crippen MR) is 87.0 cm³/mol. The molecule has 1 heterocycles. The molecule has 2 rings (SSSR count). The van der Waals surface area contributed by atoms with Gasteiger partial charge >= 0.3 is 0 Å². The molecule has 3 N–H and O–H groups in total. The van der Waals surface area contributed by atoms with Crippen LogP contribution in [0.15, 0.2) is 24.4 Å². The highest BCUT2D eigenvalue weighted by atomic mass is 32.2. The molecule has 4 heteroatoms. The highest BCUT2D eigenvalue weighted by Crippen LogP contribution is 2.29. The molecular weight excluding hydrogens is 254 g/mol. The lowest BCUT2D eigenvalue weighted by molar-refractivity contribution is 0.776. The van der Waals surface area contributed by atoms with Crippen LogP contribution in [0.4, 0.5) is 11.4 Å². The van der Waals surface area contributed by atoms with Crippen LogP contribution < -0.4 is 11.1 Å². The van der Waals surface area contributed by atoms with Crippen molar-refractivity contribution in [2.24, 2.45) is 0 Å². The van der Waals surface area contributed by atoms with Crippen molar-refractivity contribution in [2.75, 3.05) is 23.1 Å². The summed E-state index contributed by atoms with van der Waals surface area (Å²) in [7, 11) is 0. The van der Waals surface area contributed by atoms with E-state index in [1.54, 1.807) is 0 Å². The van der Waals surface area contributed by atoms with Crippen LogP contribution in [-0.2, 0) is 0 Å². The highest BCUT2D eigenvalue weighted by molar-refractivity contribution is 7.98. The van der Waals surface area contributed by atoms with Gasteiger partial charge in [-0.1, -0.05) is 6.92 Å². The van der Waals surface area contributed by atoms with Gasteiger partial charge in [0, 0.05) is 45.8 Å². The molecule has 1 unspecified atom stereocenters. The zero-order valence-corrected chi connectivity index (χ0v) is 12.6. The maximum atomic E-state index is 6.03. The summed E-state index contributed by atoms with van der Waals surface area (Å²) in [5.74, 6) is 1.10. The van der Waals surface area contributed by atoms with E-state index in [1.807, 2.05) is 30.9 Å². The van der Waals surface area contributed by atoms with Crippen molar-refractivity contribution in [3.8, 4) is 0 Å². The summed E-state index contributed by atoms with van der Waals surface area (Å²) in [6, 6.07) is 6.60. The summed E-state index contributed by atoms with van der Waals surface area (Å²) >= 11 is 1.87. The number of aromatic nitrogens is 1. The maximum absolute atomic E-state index is 6.03. The lowest BCUT2D eigenvalue weighted by atomic mass is 10.1. The van der Waals surface area contributed by atoms with E-state index in [2.05, 4.69) is 35.6 Å². The number of nitrogens with one attached hydrogen (secondary N) is 1. The molecule has 0 radical (unpaired) electrons. The number of nitrogen functional groups attached to an aromatic ring is 1. The Morgan fingerprint density at radius 1 is 1.37 bits per heavy atom. The van der Waals surface area contributed by atoms with Crippen LogP contribution in [0.2, 0.25) is 0 Å². The first kappa shape index (κ1) is 14.0. The minimum Gasteiger partial charge on any atom is -0.398 e. The second kappa shape index (κ2) is 6.15. The van der Waals surface area contributed by atoms with E-state index in [0.29, 0.717) is 6.04 Å². The number of fused-ring (bicyclic) bond motifs is 1. The minimum atomic E-state index is 0.482. The molecule has 1 aromatic carbocycles. The number of nitrogens with two attached hydrogens (primary N) is 1. The quantitative estimate of drug-likeness (QED) is 0.817. The van der Waals surface area contributed by atoms with Gasteiger partial charge in [-0.15, -0.1) is 0 Å². The van der Waals surface area contributed by atoms with Gasteiger partial charge in [0.15, 0.2) is 0 Å². The molecule has 0 aliphatic heterocycles. The second-order valence-corrected chi connectivity index (χ2v) is 5.69. The zero-order chi connectivity index (χ0) is 13.8. The second-order valence-electron chi connectivity index (χ2n) is 4.78. The maximum Gasteiger partial charge on any atom is 0.0425 e. The van der Waals surface area contributed by atoms with Crippen LogP contribution in [0.1, 0.15) is 19.0 Å². The molecular formula is C15H21N3S. The van der Waals surface area contributed by atoms with Gasteiger partial charge in [-0.05, 0) is 37.8 Å². The standard InChI is InChI=1S/C15H21N3S/c1-4-11(9-19-3)18-15-6-5-14(16)13-8-17-10(2)7-12(13)15/h5-8,11,18H,4,9,16H2,1-3H3. The van der Waals surface area contributed by atoms with Crippen LogP contribution >= 0.6 is 11.8 Å². The van der Waals surface area contributed by atoms with Crippen molar-refractivity contribution >= 4 is 33.9 Å². The number of anilines is 2. The van der Waals surface area contributed by atoms with E-state index in [1.165, 1.54) is 0 Å². The van der Waals surface area contributed by atoms with Crippen LogP contribution in [0, 0.1) is 6.92 Å². The fourth-order valence-electron chi connectivity index (χ4n) is 2.17. The number of rotatable bonds is 5. The first-order valence-electron chi connectivity index (χ1n) is 6.56. The number of aryl methyl sites for hydroxylation is 1. The molecule has 0 aliphatic rings. The molecule has 102 valence electrons. The zero-order valence-electron chi connectivity index (χ0n) is 11.7.